The van der Waals surface area contributed by atoms with E-state index in [-0.39, 0.29) is 5.91 Å². The summed E-state index contributed by atoms with van der Waals surface area (Å²) < 4.78 is 1.04. The predicted octanol–water partition coefficient (Wildman–Crippen LogP) is 3.37. The molecule has 0 bridgehead atoms. The van der Waals surface area contributed by atoms with E-state index in [1.165, 1.54) is 0 Å². The molecule has 1 saturated carbocycles. The molecule has 1 aromatic carbocycles. The molecule has 3 unspecified atom stereocenters. The lowest BCUT2D eigenvalue weighted by atomic mass is 9.95. The van der Waals surface area contributed by atoms with Crippen LogP contribution in [0.5, 0.6) is 0 Å². The highest BCUT2D eigenvalue weighted by Crippen LogP contribution is 2.39. The van der Waals surface area contributed by atoms with Crippen LogP contribution in [0.15, 0.2) is 24.3 Å². The Kier molecular flexibility index (Phi) is 5.01. The van der Waals surface area contributed by atoms with Gasteiger partial charge in [-0.05, 0) is 59.5 Å². The molecule has 0 saturated heterocycles. The average Bonchev–Trinajstić information content (AvgIpc) is 2.83. The first-order chi connectivity index (χ1) is 9.51. The van der Waals surface area contributed by atoms with Gasteiger partial charge < -0.3 is 10.4 Å². The van der Waals surface area contributed by atoms with Crippen LogP contribution < -0.4 is 5.32 Å². The van der Waals surface area contributed by atoms with Crippen LogP contribution in [0.3, 0.4) is 0 Å². The number of aliphatic carboxylic acids is 1. The highest BCUT2D eigenvalue weighted by atomic mass is 127. The maximum Gasteiger partial charge on any atom is 0.307 e. The molecular formula is C15H18INO3. The smallest absolute Gasteiger partial charge is 0.307 e. The van der Waals surface area contributed by atoms with E-state index in [1.807, 2.05) is 31.2 Å². The van der Waals surface area contributed by atoms with Crippen LogP contribution in [0, 0.1) is 21.3 Å². The first-order valence-corrected chi connectivity index (χ1v) is 7.88. The number of carboxylic acid groups (broad SMARTS) is 1. The van der Waals surface area contributed by atoms with Crippen molar-refractivity contribution in [2.24, 2.45) is 17.8 Å². The van der Waals surface area contributed by atoms with E-state index in [2.05, 4.69) is 27.9 Å². The number of amides is 1. The quantitative estimate of drug-likeness (QED) is 0.779. The molecule has 0 spiro atoms. The van der Waals surface area contributed by atoms with Crippen molar-refractivity contribution in [2.45, 2.75) is 26.2 Å². The van der Waals surface area contributed by atoms with E-state index in [9.17, 15) is 14.7 Å². The lowest BCUT2D eigenvalue weighted by Crippen LogP contribution is -2.30. The zero-order chi connectivity index (χ0) is 14.7. The Hall–Kier alpha value is -1.11. The number of carbonyl (C=O) groups excluding carboxylic acids is 1. The third-order valence-corrected chi connectivity index (χ3v) is 4.65. The number of carbonyl (C=O) groups is 2. The summed E-state index contributed by atoms with van der Waals surface area (Å²) in [5.74, 6) is -1.67. The van der Waals surface area contributed by atoms with Crippen LogP contribution in [0.4, 0.5) is 5.69 Å². The summed E-state index contributed by atoms with van der Waals surface area (Å²) >= 11 is 2.18. The fourth-order valence-corrected chi connectivity index (χ4v) is 3.38. The lowest BCUT2D eigenvalue weighted by Gasteiger charge is -2.15. The van der Waals surface area contributed by atoms with Gasteiger partial charge in [-0.3, -0.25) is 9.59 Å². The van der Waals surface area contributed by atoms with E-state index in [1.54, 1.807) is 0 Å². The van der Waals surface area contributed by atoms with Crippen LogP contribution in [0.2, 0.25) is 0 Å². The molecule has 2 rings (SSSR count). The Morgan fingerprint density at radius 3 is 2.65 bits per heavy atom. The zero-order valence-corrected chi connectivity index (χ0v) is 13.5. The summed E-state index contributed by atoms with van der Waals surface area (Å²) in [6.45, 7) is 2.05. The second kappa shape index (κ2) is 6.56. The van der Waals surface area contributed by atoms with Crippen molar-refractivity contribution in [1.29, 1.82) is 0 Å². The van der Waals surface area contributed by atoms with E-state index in [0.29, 0.717) is 18.8 Å². The molecule has 0 aromatic heterocycles. The number of anilines is 1. The molecular weight excluding hydrogens is 369 g/mol. The number of hydrogen-bond acceptors (Lipinski definition) is 2. The Labute approximate surface area is 132 Å². The van der Waals surface area contributed by atoms with E-state index >= 15 is 0 Å². The third kappa shape index (κ3) is 3.50. The Balaban J connectivity index is 2.09. The van der Waals surface area contributed by atoms with Gasteiger partial charge in [-0.25, -0.2) is 0 Å². The molecule has 2 N–H and O–H groups in total. The molecule has 1 fully saturated rings. The summed E-state index contributed by atoms with van der Waals surface area (Å²) in [6.07, 6.45) is 2.20. The van der Waals surface area contributed by atoms with Crippen molar-refractivity contribution in [3.05, 3.63) is 27.8 Å². The summed E-state index contributed by atoms with van der Waals surface area (Å²) in [5.41, 5.74) is 0.728. The molecule has 1 amide bonds. The lowest BCUT2D eigenvalue weighted by molar-refractivity contribution is -0.145. The second-order valence-electron chi connectivity index (χ2n) is 5.30. The maximum atomic E-state index is 12.3. The van der Waals surface area contributed by atoms with Gasteiger partial charge in [0.2, 0.25) is 5.91 Å². The fraction of sp³-hybridized carbons (Fsp3) is 0.467. The zero-order valence-electron chi connectivity index (χ0n) is 11.3. The third-order valence-electron chi connectivity index (χ3n) is 3.98. The predicted molar refractivity (Wildman–Crippen MR) is 85.4 cm³/mol. The van der Waals surface area contributed by atoms with Crippen LogP contribution >= 0.6 is 22.6 Å². The van der Waals surface area contributed by atoms with E-state index in [4.69, 9.17) is 0 Å². The summed E-state index contributed by atoms with van der Waals surface area (Å²) in [5, 5.41) is 12.1. The van der Waals surface area contributed by atoms with Crippen molar-refractivity contribution in [2.75, 3.05) is 5.32 Å². The van der Waals surface area contributed by atoms with Crippen molar-refractivity contribution in [3.63, 3.8) is 0 Å². The number of halogens is 1. The minimum absolute atomic E-state index is 0.171. The maximum absolute atomic E-state index is 12.3. The first-order valence-electron chi connectivity index (χ1n) is 6.80. The highest BCUT2D eigenvalue weighted by Gasteiger charge is 2.42. The van der Waals surface area contributed by atoms with Crippen LogP contribution in [-0.4, -0.2) is 17.0 Å². The van der Waals surface area contributed by atoms with Crippen molar-refractivity contribution >= 4 is 40.2 Å². The Morgan fingerprint density at radius 1 is 1.35 bits per heavy atom. The van der Waals surface area contributed by atoms with Gasteiger partial charge in [0.25, 0.3) is 0 Å². The van der Waals surface area contributed by atoms with Crippen LogP contribution in [0.1, 0.15) is 26.2 Å². The summed E-state index contributed by atoms with van der Waals surface area (Å²) in [6, 6.07) is 7.51. The van der Waals surface area contributed by atoms with Gasteiger partial charge in [-0.1, -0.05) is 19.4 Å². The van der Waals surface area contributed by atoms with E-state index in [0.717, 1.165) is 15.7 Å². The number of rotatable bonds is 4. The van der Waals surface area contributed by atoms with Gasteiger partial charge in [0.1, 0.15) is 0 Å². The molecule has 5 heteroatoms. The molecule has 4 nitrogen and oxygen atoms in total. The minimum atomic E-state index is -0.858. The van der Waals surface area contributed by atoms with Gasteiger partial charge in [-0.15, -0.1) is 0 Å². The second-order valence-corrected chi connectivity index (χ2v) is 6.54. The SMILES string of the molecule is CCC1CC(C(=O)O)C(C(=O)Nc2cccc(I)c2)C1. The largest absolute Gasteiger partial charge is 0.481 e. The molecule has 3 atom stereocenters. The average molecular weight is 387 g/mol. The summed E-state index contributed by atoms with van der Waals surface area (Å²) in [4.78, 5) is 23.6. The number of hydrogen-bond donors (Lipinski definition) is 2. The molecule has 0 radical (unpaired) electrons. The highest BCUT2D eigenvalue weighted by molar-refractivity contribution is 14.1. The van der Waals surface area contributed by atoms with Gasteiger partial charge in [-0.2, -0.15) is 0 Å². The fourth-order valence-electron chi connectivity index (χ4n) is 2.84. The van der Waals surface area contributed by atoms with Crippen LogP contribution in [-0.2, 0) is 9.59 Å². The van der Waals surface area contributed by atoms with Crippen molar-refractivity contribution < 1.29 is 14.7 Å². The first kappa shape index (κ1) is 15.3. The van der Waals surface area contributed by atoms with E-state index < -0.39 is 17.8 Å². The number of nitrogens with one attached hydrogen (secondary N) is 1. The normalized spacial score (nSPS) is 25.4. The molecule has 0 aliphatic heterocycles. The molecule has 1 aliphatic carbocycles. The topological polar surface area (TPSA) is 66.4 Å². The van der Waals surface area contributed by atoms with Gasteiger partial charge in [0.05, 0.1) is 11.8 Å². The molecule has 1 aromatic rings. The summed E-state index contributed by atoms with van der Waals surface area (Å²) in [7, 11) is 0. The van der Waals surface area contributed by atoms with Crippen LogP contribution in [0.25, 0.3) is 0 Å². The number of benzene rings is 1. The number of carboxylic acids is 1. The molecule has 0 heterocycles. The molecule has 1 aliphatic rings. The Morgan fingerprint density at radius 2 is 2.05 bits per heavy atom. The van der Waals surface area contributed by atoms with Gasteiger partial charge in [0, 0.05) is 9.26 Å². The van der Waals surface area contributed by atoms with Crippen molar-refractivity contribution in [3.8, 4) is 0 Å². The molecule has 20 heavy (non-hydrogen) atoms. The Bertz CT molecular complexity index is 518. The van der Waals surface area contributed by atoms with Gasteiger partial charge >= 0.3 is 5.97 Å². The van der Waals surface area contributed by atoms with Crippen molar-refractivity contribution in [1.82, 2.24) is 0 Å². The monoisotopic (exact) mass is 387 g/mol. The standard InChI is InChI=1S/C15H18INO3/c1-2-9-6-12(13(7-9)15(19)20)14(18)17-11-5-3-4-10(16)8-11/h3-5,8-9,12-13H,2,6-7H2,1H3,(H,17,18)(H,19,20). The minimum Gasteiger partial charge on any atom is -0.481 e. The van der Waals surface area contributed by atoms with Gasteiger partial charge in [0.15, 0.2) is 0 Å². The molecule has 108 valence electrons.